The maximum absolute atomic E-state index is 14.0. The van der Waals surface area contributed by atoms with Gasteiger partial charge in [0.15, 0.2) is 5.78 Å². The van der Waals surface area contributed by atoms with E-state index >= 15 is 0 Å². The monoisotopic (exact) mass is 489 g/mol. The number of urea groups is 1. The molecule has 35 heavy (non-hydrogen) atoms. The van der Waals surface area contributed by atoms with Gasteiger partial charge in [0, 0.05) is 11.6 Å². The molecule has 0 spiro atoms. The molecule has 4 rings (SSSR count). The number of Topliss-reactive ketones (excluding diaryl/α,β-unsaturated/α-hetero) is 1. The highest BCUT2D eigenvalue weighted by Gasteiger charge is 2.66. The molecule has 0 bridgehead atoms. The second kappa shape index (κ2) is 8.55. The molecule has 0 aliphatic carbocycles. The molecule has 3 N–H and O–H groups in total. The summed E-state index contributed by atoms with van der Waals surface area (Å²) in [5.74, 6) is -3.77. The number of halogens is 3. The van der Waals surface area contributed by atoms with Crippen LogP contribution in [0.2, 0.25) is 0 Å². The van der Waals surface area contributed by atoms with Gasteiger partial charge in [-0.05, 0) is 25.1 Å². The molecular formula is C23H18F3N3O6. The summed E-state index contributed by atoms with van der Waals surface area (Å²) in [5.41, 5.74) is -3.58. The molecule has 12 heteroatoms. The first-order valence-electron chi connectivity index (χ1n) is 10.2. The molecule has 3 aromatic rings. The molecular weight excluding hydrogens is 471 g/mol. The molecule has 3 atom stereocenters. The minimum absolute atomic E-state index is 0.0384. The molecule has 1 aliphatic heterocycles. The Hall–Kier alpha value is -4.19. The maximum Gasteiger partial charge on any atom is 0.437 e. The van der Waals surface area contributed by atoms with Crippen molar-refractivity contribution in [1.82, 2.24) is 10.6 Å². The fraction of sp³-hybridized carbons (Fsp3) is 0.217. The lowest BCUT2D eigenvalue weighted by molar-refractivity contribution is -0.384. The average Bonchev–Trinajstić information content (AvgIpc) is 3.28. The summed E-state index contributed by atoms with van der Waals surface area (Å²) in [5, 5.41) is 25.7. The van der Waals surface area contributed by atoms with Crippen LogP contribution in [0.25, 0.3) is 11.3 Å². The summed E-state index contributed by atoms with van der Waals surface area (Å²) < 4.78 is 47.7. The zero-order chi connectivity index (χ0) is 25.5. The van der Waals surface area contributed by atoms with Crippen LogP contribution in [0.3, 0.4) is 0 Å². The summed E-state index contributed by atoms with van der Waals surface area (Å²) in [6.07, 6.45) is -5.43. The van der Waals surface area contributed by atoms with Crippen molar-refractivity contribution in [2.45, 2.75) is 24.9 Å². The van der Waals surface area contributed by atoms with E-state index in [0.29, 0.717) is 0 Å². The summed E-state index contributed by atoms with van der Waals surface area (Å²) >= 11 is 0. The number of aliphatic hydroxyl groups is 1. The van der Waals surface area contributed by atoms with Crippen LogP contribution in [0, 0.1) is 23.0 Å². The number of nitrogens with zero attached hydrogens (tertiary/aromatic N) is 1. The highest BCUT2D eigenvalue weighted by Crippen LogP contribution is 2.45. The van der Waals surface area contributed by atoms with Crippen molar-refractivity contribution in [2.75, 3.05) is 0 Å². The number of aryl methyl sites for hydroxylation is 1. The Morgan fingerprint density at radius 2 is 1.77 bits per heavy atom. The third kappa shape index (κ3) is 4.23. The fourth-order valence-corrected chi connectivity index (χ4v) is 3.98. The summed E-state index contributed by atoms with van der Waals surface area (Å²) in [7, 11) is 0. The third-order valence-electron chi connectivity index (χ3n) is 5.72. The minimum atomic E-state index is -5.43. The van der Waals surface area contributed by atoms with Crippen LogP contribution in [-0.2, 0) is 0 Å². The van der Waals surface area contributed by atoms with E-state index in [9.17, 15) is 38.0 Å². The van der Waals surface area contributed by atoms with Gasteiger partial charge in [-0.2, -0.15) is 13.2 Å². The number of nitrogens with one attached hydrogen (secondary N) is 2. The lowest BCUT2D eigenvalue weighted by Crippen LogP contribution is -2.72. The molecule has 2 aromatic carbocycles. The SMILES string of the molecule is Cc1ccc(C(=O)[C@@H]2[C@@H](c3ccc(-c4ccccc4[N+](=O)[O-])o3)NC(=O)N[C@@]2(O)C(F)(F)F)cc1. The van der Waals surface area contributed by atoms with Crippen molar-refractivity contribution in [3.63, 3.8) is 0 Å². The van der Waals surface area contributed by atoms with Gasteiger partial charge < -0.3 is 20.2 Å². The fourth-order valence-electron chi connectivity index (χ4n) is 3.98. The first-order valence-corrected chi connectivity index (χ1v) is 10.2. The number of hydrogen-bond donors (Lipinski definition) is 3. The van der Waals surface area contributed by atoms with Crippen LogP contribution in [0.1, 0.15) is 27.7 Å². The number of hydrogen-bond acceptors (Lipinski definition) is 6. The van der Waals surface area contributed by atoms with Crippen molar-refractivity contribution < 1.29 is 37.2 Å². The van der Waals surface area contributed by atoms with Crippen LogP contribution in [0.5, 0.6) is 0 Å². The molecule has 1 aliphatic rings. The molecule has 1 fully saturated rings. The van der Waals surface area contributed by atoms with Gasteiger partial charge in [-0.3, -0.25) is 14.9 Å². The Balaban J connectivity index is 1.83. The Bertz CT molecular complexity index is 1300. The third-order valence-corrected chi connectivity index (χ3v) is 5.72. The topological polar surface area (TPSA) is 135 Å². The zero-order valence-electron chi connectivity index (χ0n) is 18.0. The Morgan fingerprint density at radius 3 is 2.40 bits per heavy atom. The van der Waals surface area contributed by atoms with Gasteiger partial charge in [0.1, 0.15) is 23.5 Å². The lowest BCUT2D eigenvalue weighted by Gasteiger charge is -2.44. The van der Waals surface area contributed by atoms with Crippen LogP contribution in [0.15, 0.2) is 65.1 Å². The number of nitro benzene ring substituents is 1. The van der Waals surface area contributed by atoms with Gasteiger partial charge in [0.25, 0.3) is 5.69 Å². The molecule has 0 unspecified atom stereocenters. The van der Waals surface area contributed by atoms with Crippen LogP contribution in [0.4, 0.5) is 23.7 Å². The van der Waals surface area contributed by atoms with E-state index in [1.165, 1.54) is 66.0 Å². The van der Waals surface area contributed by atoms with Crippen molar-refractivity contribution in [1.29, 1.82) is 0 Å². The van der Waals surface area contributed by atoms with E-state index < -0.39 is 40.6 Å². The van der Waals surface area contributed by atoms with Gasteiger partial charge in [-0.25, -0.2) is 4.79 Å². The smallest absolute Gasteiger partial charge is 0.437 e. The highest BCUT2D eigenvalue weighted by atomic mass is 19.4. The van der Waals surface area contributed by atoms with Crippen molar-refractivity contribution in [3.8, 4) is 11.3 Å². The number of rotatable bonds is 5. The molecule has 9 nitrogen and oxygen atoms in total. The second-order valence-corrected chi connectivity index (χ2v) is 8.02. The number of furan rings is 1. The van der Waals surface area contributed by atoms with E-state index in [1.54, 1.807) is 6.92 Å². The molecule has 0 radical (unpaired) electrons. The first-order chi connectivity index (χ1) is 16.4. The predicted octanol–water partition coefficient (Wildman–Crippen LogP) is 4.27. The summed E-state index contributed by atoms with van der Waals surface area (Å²) in [6, 6.07) is 10.5. The standard InChI is InChI=1S/C23H18F3N3O6/c1-12-6-8-13(9-7-12)20(30)18-19(27-21(31)28-22(18,32)23(24,25)26)17-11-10-16(35-17)14-4-2-3-5-15(14)29(33)34/h2-11,18-19,32H,1H3,(H2,27,28,31)/t18-,19+,22-/m0/s1. The first kappa shape index (κ1) is 24.0. The molecule has 2 amide bonds. The van der Waals surface area contributed by atoms with Crippen molar-refractivity contribution in [3.05, 3.63) is 87.7 Å². The van der Waals surface area contributed by atoms with Gasteiger partial charge >= 0.3 is 12.2 Å². The lowest BCUT2D eigenvalue weighted by atomic mass is 9.79. The zero-order valence-corrected chi connectivity index (χ0v) is 18.0. The quantitative estimate of drug-likeness (QED) is 0.278. The number of carbonyl (C=O) groups excluding carboxylic acids is 2. The average molecular weight is 489 g/mol. The highest BCUT2D eigenvalue weighted by molar-refractivity contribution is 6.00. The molecule has 182 valence electrons. The van der Waals surface area contributed by atoms with E-state index in [1.807, 2.05) is 0 Å². The number of benzene rings is 2. The molecule has 1 aromatic heterocycles. The Kier molecular flexibility index (Phi) is 5.85. The van der Waals surface area contributed by atoms with E-state index in [-0.39, 0.29) is 28.3 Å². The number of para-hydroxylation sites is 1. The number of nitro groups is 1. The van der Waals surface area contributed by atoms with Crippen molar-refractivity contribution >= 4 is 17.5 Å². The van der Waals surface area contributed by atoms with Crippen molar-refractivity contribution in [2.24, 2.45) is 5.92 Å². The Labute approximate surface area is 195 Å². The molecule has 0 saturated carbocycles. The van der Waals surface area contributed by atoms with E-state index in [4.69, 9.17) is 4.42 Å². The van der Waals surface area contributed by atoms with Crippen LogP contribution >= 0.6 is 0 Å². The number of alkyl halides is 3. The van der Waals surface area contributed by atoms with Crippen LogP contribution < -0.4 is 10.6 Å². The van der Waals surface area contributed by atoms with E-state index in [2.05, 4.69) is 5.32 Å². The maximum atomic E-state index is 14.0. The predicted molar refractivity (Wildman–Crippen MR) is 115 cm³/mol. The molecule has 2 heterocycles. The number of amides is 2. The van der Waals surface area contributed by atoms with Gasteiger partial charge in [-0.15, -0.1) is 0 Å². The molecule has 1 saturated heterocycles. The van der Waals surface area contributed by atoms with Gasteiger partial charge in [0.2, 0.25) is 5.72 Å². The second-order valence-electron chi connectivity index (χ2n) is 8.02. The van der Waals surface area contributed by atoms with E-state index in [0.717, 1.165) is 5.56 Å². The van der Waals surface area contributed by atoms with Crippen LogP contribution in [-0.4, -0.2) is 33.7 Å². The summed E-state index contributed by atoms with van der Waals surface area (Å²) in [4.78, 5) is 36.2. The normalized spacial score (nSPS) is 22.3. The summed E-state index contributed by atoms with van der Waals surface area (Å²) in [6.45, 7) is 1.72. The number of ketones is 1. The van der Waals surface area contributed by atoms with Gasteiger partial charge in [-0.1, -0.05) is 42.0 Å². The number of carbonyl (C=O) groups is 2. The minimum Gasteiger partial charge on any atom is -0.459 e. The largest absolute Gasteiger partial charge is 0.459 e. The van der Waals surface area contributed by atoms with Gasteiger partial charge in [0.05, 0.1) is 10.5 Å². The Morgan fingerprint density at radius 1 is 1.11 bits per heavy atom.